The van der Waals surface area contributed by atoms with Crippen molar-refractivity contribution >= 4 is 78.3 Å². The lowest BCUT2D eigenvalue weighted by molar-refractivity contribution is 0.0594. The third-order valence-electron chi connectivity index (χ3n) is 2.76. The van der Waals surface area contributed by atoms with Gasteiger partial charge in [0.15, 0.2) is 17.3 Å². The summed E-state index contributed by atoms with van der Waals surface area (Å²) in [7, 11) is 1.16. The summed E-state index contributed by atoms with van der Waals surface area (Å²) in [5.74, 6) is -3.25. The molecule has 0 spiro atoms. The summed E-state index contributed by atoms with van der Waals surface area (Å²) in [4.78, 5) is 28.8. The van der Waals surface area contributed by atoms with Gasteiger partial charge in [0.1, 0.15) is 14.9 Å². The number of aromatic nitrogens is 2. The van der Waals surface area contributed by atoms with E-state index >= 15 is 0 Å². The summed E-state index contributed by atoms with van der Waals surface area (Å²) in [5.41, 5.74) is 14.3. The molecule has 0 fully saturated rings. The van der Waals surface area contributed by atoms with Crippen LogP contribution in [0.1, 0.15) is 21.0 Å². The van der Waals surface area contributed by atoms with E-state index in [-0.39, 0.29) is 42.0 Å². The number of carbonyl (C=O) groups is 2. The average Bonchev–Trinajstić information content (AvgIpc) is 2.63. The van der Waals surface area contributed by atoms with E-state index in [2.05, 4.69) is 46.6 Å². The van der Waals surface area contributed by atoms with Crippen LogP contribution >= 0.6 is 55.1 Å². The molecule has 0 unspecified atom stereocenters. The van der Waals surface area contributed by atoms with E-state index in [1.807, 2.05) is 0 Å². The monoisotopic (exact) mass is 549 g/mol. The van der Waals surface area contributed by atoms with Gasteiger partial charge in [-0.05, 0) is 31.9 Å². The van der Waals surface area contributed by atoms with Crippen LogP contribution in [0, 0.1) is 11.6 Å². The number of pyridine rings is 2. The fraction of sp³-hybridized carbons (Fsp3) is 0.0769. The third-order valence-corrected chi connectivity index (χ3v) is 4.57. The molecule has 0 atom stereocenters. The molecule has 2 aromatic rings. The molecule has 0 radical (unpaired) electrons. The van der Waals surface area contributed by atoms with Crippen LogP contribution in [0.2, 0.25) is 10.0 Å². The molecule has 0 aliphatic carbocycles. The molecule has 8 nitrogen and oxygen atoms in total. The Hall–Kier alpha value is -1.76. The Balaban J connectivity index is 0.000000271. The molecule has 27 heavy (non-hydrogen) atoms. The topological polar surface area (TPSA) is 147 Å². The second kappa shape index (κ2) is 9.44. The van der Waals surface area contributed by atoms with Gasteiger partial charge in [0.2, 0.25) is 0 Å². The quantitative estimate of drug-likeness (QED) is 0.383. The van der Waals surface area contributed by atoms with Gasteiger partial charge < -0.3 is 21.9 Å². The lowest BCUT2D eigenvalue weighted by atomic mass is 10.3. The van der Waals surface area contributed by atoms with E-state index in [4.69, 9.17) is 40.4 Å². The number of halogens is 6. The normalized spacial score (nSPS) is 10.0. The van der Waals surface area contributed by atoms with Crippen LogP contribution in [0.5, 0.6) is 0 Å². The zero-order valence-corrected chi connectivity index (χ0v) is 17.8. The number of hydrogen-bond acceptors (Lipinski definition) is 7. The molecule has 0 saturated heterocycles. The largest absolute Gasteiger partial charge is 0.464 e. The second-order valence-corrected chi connectivity index (χ2v) is 6.70. The fourth-order valence-electron chi connectivity index (χ4n) is 1.46. The highest BCUT2D eigenvalue weighted by Gasteiger charge is 2.20. The van der Waals surface area contributed by atoms with Gasteiger partial charge >= 0.3 is 5.97 Å². The molecule has 14 heteroatoms. The van der Waals surface area contributed by atoms with Crippen molar-refractivity contribution in [1.82, 2.24) is 9.97 Å². The highest BCUT2D eigenvalue weighted by Crippen LogP contribution is 2.30. The molecule has 0 aliphatic rings. The Labute approximate surface area is 177 Å². The first kappa shape index (κ1) is 23.3. The number of anilines is 2. The molecule has 2 heterocycles. The van der Waals surface area contributed by atoms with Gasteiger partial charge in [0.25, 0.3) is 5.91 Å². The molecule has 2 rings (SSSR count). The number of nitrogens with two attached hydrogens (primary N) is 3. The minimum atomic E-state index is -0.864. The molecular formula is C13H9Br2Cl2F2N5O3. The molecule has 1 amide bonds. The first-order valence-corrected chi connectivity index (χ1v) is 8.76. The minimum absolute atomic E-state index is 0.181. The number of esters is 1. The number of hydrogen-bond donors (Lipinski definition) is 3. The van der Waals surface area contributed by atoms with E-state index in [0.29, 0.717) is 0 Å². The molecular weight excluding hydrogens is 543 g/mol. The smallest absolute Gasteiger partial charge is 0.358 e. The van der Waals surface area contributed by atoms with Gasteiger partial charge in [-0.1, -0.05) is 23.2 Å². The predicted molar refractivity (Wildman–Crippen MR) is 102 cm³/mol. The number of rotatable bonds is 2. The van der Waals surface area contributed by atoms with Crippen molar-refractivity contribution in [2.24, 2.45) is 5.73 Å². The zero-order valence-electron chi connectivity index (χ0n) is 13.1. The van der Waals surface area contributed by atoms with Crippen LogP contribution in [0.25, 0.3) is 0 Å². The maximum absolute atomic E-state index is 13.1. The Morgan fingerprint density at radius 2 is 1.33 bits per heavy atom. The average molecular weight is 552 g/mol. The van der Waals surface area contributed by atoms with E-state index in [0.717, 1.165) is 7.11 Å². The van der Waals surface area contributed by atoms with Gasteiger partial charge in [0, 0.05) is 0 Å². The van der Waals surface area contributed by atoms with Crippen molar-refractivity contribution in [3.8, 4) is 0 Å². The highest BCUT2D eigenvalue weighted by molar-refractivity contribution is 9.10. The number of amides is 1. The third kappa shape index (κ3) is 5.15. The van der Waals surface area contributed by atoms with Crippen molar-refractivity contribution in [1.29, 1.82) is 0 Å². The van der Waals surface area contributed by atoms with Crippen LogP contribution in [0.15, 0.2) is 9.21 Å². The van der Waals surface area contributed by atoms with E-state index in [1.54, 1.807) is 0 Å². The van der Waals surface area contributed by atoms with Gasteiger partial charge in [0.05, 0.1) is 28.5 Å². The van der Waals surface area contributed by atoms with Gasteiger partial charge in [-0.15, -0.1) is 0 Å². The Morgan fingerprint density at radius 3 is 1.70 bits per heavy atom. The van der Waals surface area contributed by atoms with Crippen molar-refractivity contribution in [2.75, 3.05) is 18.6 Å². The molecule has 0 aliphatic heterocycles. The summed E-state index contributed by atoms with van der Waals surface area (Å²) in [6, 6.07) is 0. The number of methoxy groups -OCH3 is 1. The number of ether oxygens (including phenoxy) is 1. The molecule has 0 saturated carbocycles. The van der Waals surface area contributed by atoms with Gasteiger partial charge in [-0.2, -0.15) is 0 Å². The second-order valence-electron chi connectivity index (χ2n) is 4.44. The van der Waals surface area contributed by atoms with Crippen LogP contribution in [0.3, 0.4) is 0 Å². The van der Waals surface area contributed by atoms with E-state index < -0.39 is 23.5 Å². The summed E-state index contributed by atoms with van der Waals surface area (Å²) in [6.45, 7) is 0. The predicted octanol–water partition coefficient (Wildman–Crippen LogP) is 3.32. The number of nitrogen functional groups attached to an aromatic ring is 2. The standard InChI is InChI=1S/C7H5BrClFN2O2.C6H4BrClFN3O/c1-14-7(13)5-2(9)4(11)3(10)6(8)12-5;7-5-2(9)3(10)1(8)4(12-5)6(11)13/h1H3,(H2,11,12);(H2,10,12)(H2,11,13). The SMILES string of the molecule is COC(=O)c1nc(Br)c(F)c(N)c1Cl.NC(=O)c1nc(Br)c(F)c(N)c1Cl. The van der Waals surface area contributed by atoms with Crippen molar-refractivity contribution in [3.63, 3.8) is 0 Å². The van der Waals surface area contributed by atoms with Gasteiger partial charge in [-0.25, -0.2) is 23.5 Å². The lowest BCUT2D eigenvalue weighted by Gasteiger charge is -2.06. The van der Waals surface area contributed by atoms with E-state index in [1.165, 1.54) is 0 Å². The summed E-state index contributed by atoms with van der Waals surface area (Å²) >= 11 is 16.7. The first-order valence-electron chi connectivity index (χ1n) is 6.41. The van der Waals surface area contributed by atoms with Gasteiger partial charge in [-0.3, -0.25) is 4.79 Å². The molecule has 0 bridgehead atoms. The Bertz CT molecular complexity index is 934. The Morgan fingerprint density at radius 1 is 0.963 bits per heavy atom. The van der Waals surface area contributed by atoms with Crippen LogP contribution in [-0.2, 0) is 4.74 Å². The minimum Gasteiger partial charge on any atom is -0.464 e. The molecule has 146 valence electrons. The molecule has 2 aromatic heterocycles. The fourth-order valence-corrected chi connectivity index (χ4v) is 2.66. The van der Waals surface area contributed by atoms with Crippen LogP contribution < -0.4 is 17.2 Å². The number of carbonyl (C=O) groups excluding carboxylic acids is 2. The zero-order chi connectivity index (χ0) is 21.0. The molecule has 6 N–H and O–H groups in total. The van der Waals surface area contributed by atoms with Crippen LogP contribution in [0.4, 0.5) is 20.2 Å². The number of primary amides is 1. The van der Waals surface area contributed by atoms with E-state index in [9.17, 15) is 18.4 Å². The summed E-state index contributed by atoms with van der Waals surface area (Å²) < 4.78 is 30.0. The maximum Gasteiger partial charge on any atom is 0.358 e. The van der Waals surface area contributed by atoms with Crippen molar-refractivity contribution in [2.45, 2.75) is 0 Å². The highest BCUT2D eigenvalue weighted by atomic mass is 79.9. The van der Waals surface area contributed by atoms with Crippen molar-refractivity contribution < 1.29 is 23.1 Å². The Kier molecular flexibility index (Phi) is 8.14. The van der Waals surface area contributed by atoms with Crippen LogP contribution in [-0.4, -0.2) is 29.0 Å². The number of nitrogens with zero attached hydrogens (tertiary/aromatic N) is 2. The van der Waals surface area contributed by atoms with Crippen molar-refractivity contribution in [3.05, 3.63) is 42.3 Å². The first-order chi connectivity index (χ1) is 12.4. The summed E-state index contributed by atoms with van der Waals surface area (Å²) in [6.07, 6.45) is 0. The maximum atomic E-state index is 13.1. The molecule has 0 aromatic carbocycles. The lowest BCUT2D eigenvalue weighted by Crippen LogP contribution is -2.15. The summed E-state index contributed by atoms with van der Waals surface area (Å²) in [5, 5.41) is -0.522.